The van der Waals surface area contributed by atoms with Crippen LogP contribution in [0.25, 0.3) is 0 Å². The molecule has 0 saturated carbocycles. The van der Waals surface area contributed by atoms with Gasteiger partial charge in [0.2, 0.25) is 0 Å². The number of esters is 1. The minimum absolute atomic E-state index is 0.275. The van der Waals surface area contributed by atoms with Gasteiger partial charge in [-0.3, -0.25) is 9.59 Å². The summed E-state index contributed by atoms with van der Waals surface area (Å²) in [5.74, 6) is -0.931. The highest BCUT2D eigenvalue weighted by Crippen LogP contribution is 2.29. The fraction of sp³-hybridized carbons (Fsp3) is 0.300. The maximum atomic E-state index is 11.5. The molecule has 1 aromatic rings. The lowest BCUT2D eigenvalue weighted by molar-refractivity contribution is -0.144. The van der Waals surface area contributed by atoms with Gasteiger partial charge in [0.1, 0.15) is 5.04 Å². The highest BCUT2D eigenvalue weighted by molar-refractivity contribution is 8.16. The molecule has 0 aliphatic carbocycles. The predicted octanol–water partition coefficient (Wildman–Crippen LogP) is 1.70. The van der Waals surface area contributed by atoms with Crippen LogP contribution in [0.5, 0.6) is 0 Å². The van der Waals surface area contributed by atoms with E-state index in [1.165, 1.54) is 11.3 Å². The van der Waals surface area contributed by atoms with Gasteiger partial charge in [0, 0.05) is 0 Å². The molecular weight excluding hydrogens is 246 g/mol. The molecule has 4 nitrogen and oxygen atoms in total. The van der Waals surface area contributed by atoms with E-state index in [1.54, 1.807) is 6.92 Å². The van der Waals surface area contributed by atoms with Crippen LogP contribution in [0.15, 0.2) is 22.5 Å². The summed E-state index contributed by atoms with van der Waals surface area (Å²) in [6.07, 6.45) is 0. The average Bonchev–Trinajstić information content (AvgIpc) is 2.86. The molecule has 1 aliphatic heterocycles. The minimum Gasteiger partial charge on any atom is -0.465 e. The van der Waals surface area contributed by atoms with Gasteiger partial charge in [-0.25, -0.2) is 4.99 Å². The molecule has 2 heterocycles. The molecule has 84 valence electrons. The van der Waals surface area contributed by atoms with E-state index >= 15 is 0 Å². The van der Waals surface area contributed by atoms with Crippen LogP contribution in [0.1, 0.15) is 11.8 Å². The van der Waals surface area contributed by atoms with Crippen molar-refractivity contribution in [3.8, 4) is 0 Å². The summed E-state index contributed by atoms with van der Waals surface area (Å²) in [4.78, 5) is 27.7. The Labute approximate surface area is 101 Å². The molecule has 1 aliphatic rings. The molecule has 2 rings (SSSR count). The van der Waals surface area contributed by atoms with Gasteiger partial charge in [-0.05, 0) is 18.4 Å². The van der Waals surface area contributed by atoms with E-state index in [0.29, 0.717) is 5.04 Å². The fourth-order valence-corrected chi connectivity index (χ4v) is 2.99. The number of ether oxygens (including phenoxy) is 1. The summed E-state index contributed by atoms with van der Waals surface area (Å²) in [5, 5.41) is 1.69. The lowest BCUT2D eigenvalue weighted by Crippen LogP contribution is -2.25. The molecule has 1 aromatic heterocycles. The second kappa shape index (κ2) is 4.80. The standard InChI is InChI=1S/C10H9NO3S2/c1-2-14-10(13)7-8(12)11-9(16-7)6-4-3-5-15-6/h3-5,7H,2H2,1H3. The monoisotopic (exact) mass is 255 g/mol. The van der Waals surface area contributed by atoms with Crippen molar-refractivity contribution in [1.29, 1.82) is 0 Å². The predicted molar refractivity (Wildman–Crippen MR) is 63.9 cm³/mol. The molecule has 0 N–H and O–H groups in total. The van der Waals surface area contributed by atoms with E-state index in [4.69, 9.17) is 4.74 Å². The number of amides is 1. The zero-order valence-corrected chi connectivity index (χ0v) is 10.1. The third-order valence-electron chi connectivity index (χ3n) is 1.90. The lowest BCUT2D eigenvalue weighted by atomic mass is 10.4. The number of carbonyl (C=O) groups is 2. The van der Waals surface area contributed by atoms with Crippen LogP contribution in [0.4, 0.5) is 0 Å². The third kappa shape index (κ3) is 2.17. The van der Waals surface area contributed by atoms with Crippen LogP contribution < -0.4 is 0 Å². The summed E-state index contributed by atoms with van der Waals surface area (Å²) in [5.41, 5.74) is 0. The molecule has 1 atom stereocenters. The van der Waals surface area contributed by atoms with E-state index in [-0.39, 0.29) is 6.61 Å². The molecule has 0 saturated heterocycles. The van der Waals surface area contributed by atoms with Crippen LogP contribution in [0, 0.1) is 0 Å². The Kier molecular flexibility index (Phi) is 3.40. The van der Waals surface area contributed by atoms with Crippen LogP contribution in [-0.4, -0.2) is 28.8 Å². The normalized spacial score (nSPS) is 19.7. The van der Waals surface area contributed by atoms with Crippen LogP contribution in [-0.2, 0) is 14.3 Å². The van der Waals surface area contributed by atoms with Crippen LogP contribution in [0.2, 0.25) is 0 Å². The van der Waals surface area contributed by atoms with Crippen molar-refractivity contribution in [2.24, 2.45) is 4.99 Å². The Hall–Kier alpha value is -1.14. The van der Waals surface area contributed by atoms with E-state index in [1.807, 2.05) is 17.5 Å². The smallest absolute Gasteiger partial charge is 0.329 e. The second-order valence-electron chi connectivity index (χ2n) is 2.98. The van der Waals surface area contributed by atoms with Gasteiger partial charge in [0.15, 0.2) is 5.25 Å². The van der Waals surface area contributed by atoms with Crippen molar-refractivity contribution in [2.45, 2.75) is 12.2 Å². The summed E-state index contributed by atoms with van der Waals surface area (Å²) in [7, 11) is 0. The van der Waals surface area contributed by atoms with Crippen LogP contribution >= 0.6 is 23.1 Å². The fourth-order valence-electron chi connectivity index (χ4n) is 1.23. The first-order valence-electron chi connectivity index (χ1n) is 4.72. The number of carbonyl (C=O) groups excluding carboxylic acids is 2. The minimum atomic E-state index is -0.822. The molecular formula is C10H9NO3S2. The van der Waals surface area contributed by atoms with E-state index < -0.39 is 17.1 Å². The maximum Gasteiger partial charge on any atom is 0.329 e. The van der Waals surface area contributed by atoms with Crippen molar-refractivity contribution < 1.29 is 14.3 Å². The maximum absolute atomic E-state index is 11.5. The quantitative estimate of drug-likeness (QED) is 0.609. The highest BCUT2D eigenvalue weighted by atomic mass is 32.2. The Balaban J connectivity index is 2.10. The molecule has 16 heavy (non-hydrogen) atoms. The molecule has 6 heteroatoms. The summed E-state index contributed by atoms with van der Waals surface area (Å²) < 4.78 is 4.81. The Morgan fingerprint density at radius 3 is 3.06 bits per heavy atom. The SMILES string of the molecule is CCOC(=O)C1SC(c2cccs2)=NC1=O. The zero-order chi connectivity index (χ0) is 11.5. The largest absolute Gasteiger partial charge is 0.465 e. The van der Waals surface area contributed by atoms with Gasteiger partial charge < -0.3 is 4.74 Å². The van der Waals surface area contributed by atoms with Gasteiger partial charge in [-0.2, -0.15) is 0 Å². The van der Waals surface area contributed by atoms with E-state index in [2.05, 4.69) is 4.99 Å². The highest BCUT2D eigenvalue weighted by Gasteiger charge is 2.36. The number of thiophene rings is 1. The van der Waals surface area contributed by atoms with Gasteiger partial charge in [0.25, 0.3) is 5.91 Å². The summed E-state index contributed by atoms with van der Waals surface area (Å²) >= 11 is 2.65. The second-order valence-corrected chi connectivity index (χ2v) is 5.02. The van der Waals surface area contributed by atoms with Crippen molar-refractivity contribution in [2.75, 3.05) is 6.61 Å². The molecule has 1 amide bonds. The molecule has 1 unspecified atom stereocenters. The summed E-state index contributed by atoms with van der Waals surface area (Å²) in [6, 6.07) is 3.75. The topological polar surface area (TPSA) is 55.7 Å². The zero-order valence-electron chi connectivity index (χ0n) is 8.50. The first-order chi connectivity index (χ1) is 7.72. The lowest BCUT2D eigenvalue weighted by Gasteiger charge is -2.04. The molecule has 0 spiro atoms. The average molecular weight is 255 g/mol. The van der Waals surface area contributed by atoms with Gasteiger partial charge in [-0.15, -0.1) is 11.3 Å². The van der Waals surface area contributed by atoms with Crippen molar-refractivity contribution in [1.82, 2.24) is 0 Å². The van der Waals surface area contributed by atoms with Crippen molar-refractivity contribution in [3.63, 3.8) is 0 Å². The number of hydrogen-bond acceptors (Lipinski definition) is 5. The number of rotatable bonds is 3. The van der Waals surface area contributed by atoms with Gasteiger partial charge in [-0.1, -0.05) is 17.8 Å². The molecule has 0 fully saturated rings. The summed E-state index contributed by atoms with van der Waals surface area (Å²) in [6.45, 7) is 1.99. The number of thioether (sulfide) groups is 1. The van der Waals surface area contributed by atoms with Crippen molar-refractivity contribution in [3.05, 3.63) is 22.4 Å². The van der Waals surface area contributed by atoms with E-state index in [9.17, 15) is 9.59 Å². The van der Waals surface area contributed by atoms with Crippen molar-refractivity contribution >= 4 is 40.0 Å². The Morgan fingerprint density at radius 1 is 1.62 bits per heavy atom. The van der Waals surface area contributed by atoms with Crippen LogP contribution in [0.3, 0.4) is 0 Å². The number of hydrogen-bond donors (Lipinski definition) is 0. The first kappa shape index (κ1) is 11.3. The number of aliphatic imine (C=N–C) groups is 1. The number of nitrogens with zero attached hydrogens (tertiary/aromatic N) is 1. The van der Waals surface area contributed by atoms with Gasteiger partial charge in [0.05, 0.1) is 11.5 Å². The molecule has 0 aromatic carbocycles. The van der Waals surface area contributed by atoms with Gasteiger partial charge >= 0.3 is 5.97 Å². The Bertz CT molecular complexity index is 439. The first-order valence-corrected chi connectivity index (χ1v) is 6.48. The Morgan fingerprint density at radius 2 is 2.44 bits per heavy atom. The molecule has 0 radical (unpaired) electrons. The molecule has 0 bridgehead atoms. The van der Waals surface area contributed by atoms with E-state index in [0.717, 1.165) is 16.6 Å². The third-order valence-corrected chi connectivity index (χ3v) is 4.07.